The van der Waals surface area contributed by atoms with Crippen LogP contribution in [0.2, 0.25) is 5.02 Å². The Morgan fingerprint density at radius 2 is 2.12 bits per heavy atom. The number of nitrogens with zero attached hydrogens (tertiary/aromatic N) is 2. The van der Waals surface area contributed by atoms with Crippen LogP contribution < -0.4 is 15.0 Å². The van der Waals surface area contributed by atoms with E-state index >= 15 is 0 Å². The number of methoxy groups -OCH3 is 1. The Morgan fingerprint density at radius 3 is 2.77 bits per heavy atom. The molecule has 1 aliphatic rings. The summed E-state index contributed by atoms with van der Waals surface area (Å²) in [6.07, 6.45) is 3.43. The van der Waals surface area contributed by atoms with E-state index < -0.39 is 0 Å². The molecule has 3 aromatic rings. The SMILES string of the molecule is COc1ccc(N2C(=S)NC(c3ccccn3)C2c2ccco2)cc1Cl. The Labute approximate surface area is 161 Å². The normalized spacial score (nSPS) is 19.5. The van der Waals surface area contributed by atoms with Crippen molar-refractivity contribution in [2.45, 2.75) is 12.1 Å². The highest BCUT2D eigenvalue weighted by Crippen LogP contribution is 2.42. The second-order valence-electron chi connectivity index (χ2n) is 5.83. The van der Waals surface area contributed by atoms with E-state index in [2.05, 4.69) is 10.3 Å². The Morgan fingerprint density at radius 1 is 1.23 bits per heavy atom. The molecule has 2 unspecified atom stereocenters. The minimum absolute atomic E-state index is 0.143. The molecule has 3 heterocycles. The van der Waals surface area contributed by atoms with E-state index in [0.717, 1.165) is 17.1 Å². The van der Waals surface area contributed by atoms with Gasteiger partial charge in [0, 0.05) is 11.9 Å². The maximum Gasteiger partial charge on any atom is 0.174 e. The average molecular weight is 386 g/mol. The monoisotopic (exact) mass is 385 g/mol. The molecule has 1 saturated heterocycles. The third-order valence-corrected chi connectivity index (χ3v) is 4.96. The molecule has 1 aliphatic heterocycles. The van der Waals surface area contributed by atoms with Crippen molar-refractivity contribution in [2.75, 3.05) is 12.0 Å². The van der Waals surface area contributed by atoms with E-state index in [0.29, 0.717) is 15.9 Å². The van der Waals surface area contributed by atoms with Gasteiger partial charge in [-0.2, -0.15) is 0 Å². The molecule has 2 atom stereocenters. The lowest BCUT2D eigenvalue weighted by atomic mass is 10.0. The van der Waals surface area contributed by atoms with Gasteiger partial charge in [-0.05, 0) is 54.7 Å². The Balaban J connectivity index is 1.80. The zero-order valence-electron chi connectivity index (χ0n) is 13.9. The zero-order chi connectivity index (χ0) is 18.1. The van der Waals surface area contributed by atoms with E-state index in [1.165, 1.54) is 0 Å². The maximum atomic E-state index is 6.33. The van der Waals surface area contributed by atoms with Crippen molar-refractivity contribution in [2.24, 2.45) is 0 Å². The van der Waals surface area contributed by atoms with Gasteiger partial charge in [-0.1, -0.05) is 17.7 Å². The first-order valence-corrected chi connectivity index (χ1v) is 8.85. The van der Waals surface area contributed by atoms with E-state index in [4.69, 9.17) is 33.0 Å². The first-order chi connectivity index (χ1) is 12.7. The third kappa shape index (κ3) is 2.91. The molecule has 26 heavy (non-hydrogen) atoms. The summed E-state index contributed by atoms with van der Waals surface area (Å²) in [4.78, 5) is 6.49. The summed E-state index contributed by atoms with van der Waals surface area (Å²) in [7, 11) is 1.59. The minimum atomic E-state index is -0.183. The van der Waals surface area contributed by atoms with Crippen molar-refractivity contribution in [3.8, 4) is 5.75 Å². The van der Waals surface area contributed by atoms with Gasteiger partial charge in [0.1, 0.15) is 17.6 Å². The quantitative estimate of drug-likeness (QED) is 0.667. The van der Waals surface area contributed by atoms with E-state index in [-0.39, 0.29) is 12.1 Å². The maximum absolute atomic E-state index is 6.33. The van der Waals surface area contributed by atoms with Gasteiger partial charge in [0.05, 0.1) is 30.1 Å². The second-order valence-corrected chi connectivity index (χ2v) is 6.62. The van der Waals surface area contributed by atoms with Crippen LogP contribution in [0.25, 0.3) is 0 Å². The highest BCUT2D eigenvalue weighted by atomic mass is 35.5. The molecule has 1 N–H and O–H groups in total. The number of benzene rings is 1. The van der Waals surface area contributed by atoms with Crippen LogP contribution in [0.4, 0.5) is 5.69 Å². The van der Waals surface area contributed by atoms with Crippen molar-refractivity contribution in [3.63, 3.8) is 0 Å². The summed E-state index contributed by atoms with van der Waals surface area (Å²) in [5.74, 6) is 1.41. The molecule has 1 aromatic carbocycles. The molecular weight excluding hydrogens is 370 g/mol. The van der Waals surface area contributed by atoms with Gasteiger partial charge in [-0.3, -0.25) is 4.98 Å². The summed E-state index contributed by atoms with van der Waals surface area (Å²) >= 11 is 12.0. The molecule has 0 spiro atoms. The van der Waals surface area contributed by atoms with Gasteiger partial charge in [0.2, 0.25) is 0 Å². The standard InChI is InChI=1S/C19H16ClN3O2S/c1-24-15-8-7-12(11-13(15)20)23-18(16-6-4-10-25-16)17(22-19(23)26)14-5-2-3-9-21-14/h2-11,17-18H,1H3,(H,22,26). The molecule has 4 rings (SSSR count). The van der Waals surface area contributed by atoms with Crippen LogP contribution in [0.1, 0.15) is 23.5 Å². The number of aromatic nitrogens is 1. The summed E-state index contributed by atoms with van der Waals surface area (Å²) in [6, 6.07) is 14.9. The van der Waals surface area contributed by atoms with Gasteiger partial charge in [-0.15, -0.1) is 0 Å². The number of rotatable bonds is 4. The predicted octanol–water partition coefficient (Wildman–Crippen LogP) is 4.51. The summed E-state index contributed by atoms with van der Waals surface area (Å²) in [5, 5.41) is 4.47. The van der Waals surface area contributed by atoms with Crippen LogP contribution in [0.5, 0.6) is 5.75 Å². The number of pyridine rings is 1. The number of hydrogen-bond acceptors (Lipinski definition) is 4. The number of anilines is 1. The van der Waals surface area contributed by atoms with Gasteiger partial charge < -0.3 is 19.4 Å². The van der Waals surface area contributed by atoms with E-state index in [9.17, 15) is 0 Å². The van der Waals surface area contributed by atoms with Crippen LogP contribution in [0.3, 0.4) is 0 Å². The molecular formula is C19H16ClN3O2S. The number of ether oxygens (including phenoxy) is 1. The highest BCUT2D eigenvalue weighted by Gasteiger charge is 2.42. The minimum Gasteiger partial charge on any atom is -0.495 e. The molecule has 0 amide bonds. The molecule has 0 radical (unpaired) electrons. The third-order valence-electron chi connectivity index (χ3n) is 4.35. The molecule has 5 nitrogen and oxygen atoms in total. The number of halogens is 1. The summed E-state index contributed by atoms with van der Waals surface area (Å²) in [6.45, 7) is 0. The molecule has 0 aliphatic carbocycles. The first-order valence-electron chi connectivity index (χ1n) is 8.06. The van der Waals surface area contributed by atoms with Crippen LogP contribution in [0.15, 0.2) is 65.4 Å². The van der Waals surface area contributed by atoms with Crippen LogP contribution in [0, 0.1) is 0 Å². The molecule has 0 saturated carbocycles. The Kier molecular flexibility index (Phi) is 4.53. The average Bonchev–Trinajstić information content (AvgIpc) is 3.30. The fourth-order valence-corrected chi connectivity index (χ4v) is 3.78. The number of thiocarbonyl (C=S) groups is 1. The van der Waals surface area contributed by atoms with Crippen molar-refractivity contribution < 1.29 is 9.15 Å². The van der Waals surface area contributed by atoms with Gasteiger partial charge >= 0.3 is 0 Å². The van der Waals surface area contributed by atoms with E-state index in [1.54, 1.807) is 19.6 Å². The Bertz CT molecular complexity index is 918. The van der Waals surface area contributed by atoms with Gasteiger partial charge in [-0.25, -0.2) is 0 Å². The molecule has 132 valence electrons. The van der Waals surface area contributed by atoms with Crippen molar-refractivity contribution in [1.82, 2.24) is 10.3 Å². The Hall–Kier alpha value is -2.57. The molecule has 0 bridgehead atoms. The predicted molar refractivity (Wildman–Crippen MR) is 105 cm³/mol. The zero-order valence-corrected chi connectivity index (χ0v) is 15.5. The topological polar surface area (TPSA) is 50.5 Å². The van der Waals surface area contributed by atoms with Gasteiger partial charge in [0.25, 0.3) is 0 Å². The number of hydrogen-bond donors (Lipinski definition) is 1. The molecule has 2 aromatic heterocycles. The molecule has 1 fully saturated rings. The lowest BCUT2D eigenvalue weighted by molar-refractivity contribution is 0.415. The smallest absolute Gasteiger partial charge is 0.174 e. The van der Waals surface area contributed by atoms with Gasteiger partial charge in [0.15, 0.2) is 5.11 Å². The fraction of sp³-hybridized carbons (Fsp3) is 0.158. The lowest BCUT2D eigenvalue weighted by Crippen LogP contribution is -2.29. The largest absolute Gasteiger partial charge is 0.495 e. The number of furan rings is 1. The van der Waals surface area contributed by atoms with Crippen molar-refractivity contribution >= 4 is 34.6 Å². The molecule has 7 heteroatoms. The van der Waals surface area contributed by atoms with Crippen molar-refractivity contribution in [3.05, 3.63) is 77.5 Å². The lowest BCUT2D eigenvalue weighted by Gasteiger charge is -2.26. The van der Waals surface area contributed by atoms with Crippen molar-refractivity contribution in [1.29, 1.82) is 0 Å². The summed E-state index contributed by atoms with van der Waals surface area (Å²) < 4.78 is 11.0. The highest BCUT2D eigenvalue weighted by molar-refractivity contribution is 7.80. The summed E-state index contributed by atoms with van der Waals surface area (Å²) in [5.41, 5.74) is 1.74. The van der Waals surface area contributed by atoms with Crippen LogP contribution in [-0.4, -0.2) is 17.2 Å². The second kappa shape index (κ2) is 6.97. The first kappa shape index (κ1) is 16.9. The van der Waals surface area contributed by atoms with E-state index in [1.807, 2.05) is 53.4 Å². The number of nitrogens with one attached hydrogen (secondary N) is 1. The van der Waals surface area contributed by atoms with Crippen LogP contribution >= 0.6 is 23.8 Å². The van der Waals surface area contributed by atoms with Crippen LogP contribution in [-0.2, 0) is 0 Å². The fourth-order valence-electron chi connectivity index (χ4n) is 3.19.